The van der Waals surface area contributed by atoms with E-state index < -0.39 is 11.9 Å². The maximum absolute atomic E-state index is 12.9. The third-order valence-electron chi connectivity index (χ3n) is 2.86. The Hall–Kier alpha value is -1.22. The molecular weight excluding hydrogens is 305 g/mol. The Labute approximate surface area is 126 Å². The highest BCUT2D eigenvalue weighted by Crippen LogP contribution is 2.30. The minimum Gasteiger partial charge on any atom is -0.395 e. The third kappa shape index (κ3) is 4.92. The molecule has 2 atom stereocenters. The second kappa shape index (κ2) is 7.17. The first-order valence-electron chi connectivity index (χ1n) is 6.22. The number of nitrogens with zero attached hydrogens (tertiary/aromatic N) is 3. The van der Waals surface area contributed by atoms with Gasteiger partial charge in [-0.15, -0.1) is 0 Å². The number of alkyl halides is 3. The Bertz CT molecular complexity index is 466. The number of hydrogen-bond donors (Lipinski definition) is 2. The zero-order chi connectivity index (χ0) is 16.2. The van der Waals surface area contributed by atoms with Crippen LogP contribution in [0.3, 0.4) is 0 Å². The predicted molar refractivity (Wildman–Crippen MR) is 78.8 cm³/mol. The fourth-order valence-corrected chi connectivity index (χ4v) is 2.23. The van der Waals surface area contributed by atoms with Crippen LogP contribution in [0, 0.1) is 0 Å². The van der Waals surface area contributed by atoms with Gasteiger partial charge in [0.05, 0.1) is 6.61 Å². The Morgan fingerprint density at radius 2 is 2.00 bits per heavy atom. The van der Waals surface area contributed by atoms with Crippen molar-refractivity contribution < 1.29 is 18.3 Å². The molecule has 0 radical (unpaired) electrons. The SMILES string of the molecule is CS[C@H](CO)[C@@H](C)Nc1nc(N(C)C)cc(C(F)(F)F)n1. The summed E-state index contributed by atoms with van der Waals surface area (Å²) in [6, 6.07) is 0.622. The third-order valence-corrected chi connectivity index (χ3v) is 4.02. The molecule has 0 aliphatic carbocycles. The van der Waals surface area contributed by atoms with Gasteiger partial charge in [0, 0.05) is 31.5 Å². The van der Waals surface area contributed by atoms with Crippen molar-refractivity contribution in [2.45, 2.75) is 24.4 Å². The summed E-state index contributed by atoms with van der Waals surface area (Å²) in [7, 11) is 3.21. The van der Waals surface area contributed by atoms with Crippen molar-refractivity contribution in [2.75, 3.05) is 37.2 Å². The smallest absolute Gasteiger partial charge is 0.395 e. The zero-order valence-electron chi connectivity index (χ0n) is 12.3. The highest BCUT2D eigenvalue weighted by atomic mass is 32.2. The number of nitrogens with one attached hydrogen (secondary N) is 1. The van der Waals surface area contributed by atoms with Crippen LogP contribution in [0.2, 0.25) is 0 Å². The molecule has 0 unspecified atom stereocenters. The minimum absolute atomic E-state index is 0.0885. The predicted octanol–water partition coefficient (Wildman–Crippen LogP) is 2.09. The number of rotatable bonds is 6. The maximum Gasteiger partial charge on any atom is 0.433 e. The van der Waals surface area contributed by atoms with Gasteiger partial charge >= 0.3 is 6.18 Å². The number of aliphatic hydroxyl groups is 1. The number of aromatic nitrogens is 2. The molecule has 9 heteroatoms. The molecule has 1 aromatic rings. The summed E-state index contributed by atoms with van der Waals surface area (Å²) in [5.41, 5.74) is -0.999. The summed E-state index contributed by atoms with van der Waals surface area (Å²) in [5.74, 6) is 0.0604. The summed E-state index contributed by atoms with van der Waals surface area (Å²) in [6.07, 6.45) is -2.72. The van der Waals surface area contributed by atoms with E-state index in [0.717, 1.165) is 6.07 Å². The average Bonchev–Trinajstić information content (AvgIpc) is 2.38. The van der Waals surface area contributed by atoms with E-state index >= 15 is 0 Å². The molecule has 0 spiro atoms. The lowest BCUT2D eigenvalue weighted by Gasteiger charge is -2.22. The van der Waals surface area contributed by atoms with Gasteiger partial charge in [-0.3, -0.25) is 0 Å². The first kappa shape index (κ1) is 17.8. The Balaban J connectivity index is 3.09. The van der Waals surface area contributed by atoms with E-state index in [2.05, 4.69) is 15.3 Å². The molecule has 0 aliphatic heterocycles. The highest BCUT2D eigenvalue weighted by Gasteiger charge is 2.34. The van der Waals surface area contributed by atoms with Gasteiger partial charge in [-0.05, 0) is 13.2 Å². The van der Waals surface area contributed by atoms with Crippen LogP contribution in [-0.2, 0) is 6.18 Å². The monoisotopic (exact) mass is 324 g/mol. The zero-order valence-corrected chi connectivity index (χ0v) is 13.1. The van der Waals surface area contributed by atoms with E-state index in [-0.39, 0.29) is 29.7 Å². The molecule has 0 saturated heterocycles. The van der Waals surface area contributed by atoms with E-state index in [9.17, 15) is 18.3 Å². The Morgan fingerprint density at radius 1 is 1.38 bits per heavy atom. The fourth-order valence-electron chi connectivity index (χ4n) is 1.61. The second-order valence-electron chi connectivity index (χ2n) is 4.72. The first-order chi connectivity index (χ1) is 9.68. The van der Waals surface area contributed by atoms with Gasteiger partial charge in [0.25, 0.3) is 0 Å². The Kier molecular flexibility index (Phi) is 6.09. The molecule has 21 heavy (non-hydrogen) atoms. The van der Waals surface area contributed by atoms with Crippen LogP contribution in [0.4, 0.5) is 24.9 Å². The highest BCUT2D eigenvalue weighted by molar-refractivity contribution is 7.99. The van der Waals surface area contributed by atoms with Crippen molar-refractivity contribution in [3.63, 3.8) is 0 Å². The van der Waals surface area contributed by atoms with Gasteiger partial charge in [-0.25, -0.2) is 4.98 Å². The van der Waals surface area contributed by atoms with Gasteiger partial charge in [-0.1, -0.05) is 0 Å². The molecule has 0 saturated carbocycles. The molecule has 0 fully saturated rings. The molecule has 0 aliphatic rings. The molecular formula is C12H19F3N4OS. The van der Waals surface area contributed by atoms with E-state index in [1.54, 1.807) is 21.0 Å². The van der Waals surface area contributed by atoms with E-state index in [4.69, 9.17) is 0 Å². The molecule has 1 aromatic heterocycles. The summed E-state index contributed by atoms with van der Waals surface area (Å²) >= 11 is 1.42. The van der Waals surface area contributed by atoms with Gasteiger partial charge in [0.15, 0.2) is 5.69 Å². The second-order valence-corrected chi connectivity index (χ2v) is 5.79. The minimum atomic E-state index is -4.54. The lowest BCUT2D eigenvalue weighted by Crippen LogP contribution is -2.32. The standard InChI is InChI=1S/C12H19F3N4OS/c1-7(8(6-20)21-4)16-11-17-9(12(13,14)15)5-10(18-11)19(2)3/h5,7-8,20H,6H2,1-4H3,(H,16,17,18)/t7-,8-/m1/s1. The van der Waals surface area contributed by atoms with Crippen LogP contribution in [0.1, 0.15) is 12.6 Å². The number of halogens is 3. The van der Waals surface area contributed by atoms with Crippen LogP contribution in [0.15, 0.2) is 6.07 Å². The number of aliphatic hydroxyl groups excluding tert-OH is 1. The van der Waals surface area contributed by atoms with Crippen molar-refractivity contribution in [3.05, 3.63) is 11.8 Å². The van der Waals surface area contributed by atoms with Crippen LogP contribution in [0.25, 0.3) is 0 Å². The summed E-state index contributed by atoms with van der Waals surface area (Å²) in [5, 5.41) is 11.9. The van der Waals surface area contributed by atoms with Crippen molar-refractivity contribution in [1.82, 2.24) is 9.97 Å². The van der Waals surface area contributed by atoms with Crippen molar-refractivity contribution in [1.29, 1.82) is 0 Å². The molecule has 2 N–H and O–H groups in total. The largest absolute Gasteiger partial charge is 0.433 e. The van der Waals surface area contributed by atoms with Crippen LogP contribution < -0.4 is 10.2 Å². The molecule has 1 rings (SSSR count). The molecule has 120 valence electrons. The van der Waals surface area contributed by atoms with Gasteiger partial charge in [0.1, 0.15) is 5.82 Å². The van der Waals surface area contributed by atoms with Crippen molar-refractivity contribution >= 4 is 23.5 Å². The first-order valence-corrected chi connectivity index (χ1v) is 7.51. The van der Waals surface area contributed by atoms with Crippen molar-refractivity contribution in [3.8, 4) is 0 Å². The van der Waals surface area contributed by atoms with Crippen LogP contribution in [-0.4, -0.2) is 53.3 Å². The van der Waals surface area contributed by atoms with E-state index in [0.29, 0.717) is 0 Å². The van der Waals surface area contributed by atoms with Crippen LogP contribution in [0.5, 0.6) is 0 Å². The average molecular weight is 324 g/mol. The van der Waals surface area contributed by atoms with E-state index in [1.807, 2.05) is 6.26 Å². The fraction of sp³-hybridized carbons (Fsp3) is 0.667. The lowest BCUT2D eigenvalue weighted by molar-refractivity contribution is -0.141. The number of anilines is 2. The molecule has 0 aromatic carbocycles. The van der Waals surface area contributed by atoms with Crippen LogP contribution >= 0.6 is 11.8 Å². The molecule has 1 heterocycles. The van der Waals surface area contributed by atoms with Gasteiger partial charge in [-0.2, -0.15) is 29.9 Å². The number of hydrogen-bond acceptors (Lipinski definition) is 6. The molecule has 5 nitrogen and oxygen atoms in total. The lowest BCUT2D eigenvalue weighted by atomic mass is 10.2. The quantitative estimate of drug-likeness (QED) is 0.835. The van der Waals surface area contributed by atoms with Gasteiger partial charge < -0.3 is 15.3 Å². The molecule has 0 amide bonds. The van der Waals surface area contributed by atoms with Crippen molar-refractivity contribution in [2.24, 2.45) is 0 Å². The Morgan fingerprint density at radius 3 is 2.43 bits per heavy atom. The number of thioether (sulfide) groups is 1. The van der Waals surface area contributed by atoms with E-state index in [1.165, 1.54) is 16.7 Å². The summed E-state index contributed by atoms with van der Waals surface area (Å²) in [6.45, 7) is 1.67. The summed E-state index contributed by atoms with van der Waals surface area (Å²) < 4.78 is 38.6. The summed E-state index contributed by atoms with van der Waals surface area (Å²) in [4.78, 5) is 9.04. The maximum atomic E-state index is 12.9. The van der Waals surface area contributed by atoms with Gasteiger partial charge in [0.2, 0.25) is 5.95 Å². The normalized spacial score (nSPS) is 14.7. The molecule has 0 bridgehead atoms. The topological polar surface area (TPSA) is 61.3 Å².